The Labute approximate surface area is 216 Å². The van der Waals surface area contributed by atoms with E-state index in [1.807, 2.05) is 54.6 Å². The molecular formula is C28H25ClN2O4S. The SMILES string of the molecule is COc1ccc(C(NC(=O)CN(c2cccc(Cl)c2)S(=O)(=O)c2ccccc2)c2ccccc2)cc1. The van der Waals surface area contributed by atoms with Gasteiger partial charge < -0.3 is 10.1 Å². The summed E-state index contributed by atoms with van der Waals surface area (Å²) in [5.74, 6) is 0.220. The highest BCUT2D eigenvalue weighted by atomic mass is 35.5. The van der Waals surface area contributed by atoms with E-state index in [9.17, 15) is 13.2 Å². The first-order chi connectivity index (χ1) is 17.4. The molecule has 0 saturated carbocycles. The fourth-order valence-electron chi connectivity index (χ4n) is 3.80. The van der Waals surface area contributed by atoms with Crippen molar-refractivity contribution in [1.29, 1.82) is 0 Å². The van der Waals surface area contributed by atoms with Crippen LogP contribution < -0.4 is 14.4 Å². The molecule has 0 aliphatic rings. The lowest BCUT2D eigenvalue weighted by Crippen LogP contribution is -2.42. The van der Waals surface area contributed by atoms with Gasteiger partial charge in [-0.05, 0) is 53.6 Å². The summed E-state index contributed by atoms with van der Waals surface area (Å²) in [6, 6.07) is 30.8. The van der Waals surface area contributed by atoms with Crippen LogP contribution in [0.2, 0.25) is 5.02 Å². The first-order valence-electron chi connectivity index (χ1n) is 11.2. The number of carbonyl (C=O) groups is 1. The Hall–Kier alpha value is -3.81. The Balaban J connectivity index is 1.67. The second-order valence-corrected chi connectivity index (χ2v) is 10.3. The van der Waals surface area contributed by atoms with Crippen molar-refractivity contribution >= 4 is 33.2 Å². The maximum atomic E-state index is 13.6. The number of carbonyl (C=O) groups excluding carboxylic acids is 1. The molecule has 4 rings (SSSR count). The number of ether oxygens (including phenoxy) is 1. The molecule has 0 aromatic heterocycles. The van der Waals surface area contributed by atoms with E-state index in [0.717, 1.165) is 15.4 Å². The molecule has 0 spiro atoms. The molecule has 0 radical (unpaired) electrons. The minimum atomic E-state index is -4.04. The van der Waals surface area contributed by atoms with Crippen LogP contribution in [0.1, 0.15) is 17.2 Å². The lowest BCUT2D eigenvalue weighted by molar-refractivity contribution is -0.120. The Kier molecular flexibility index (Phi) is 7.93. The first-order valence-corrected chi connectivity index (χ1v) is 13.0. The quantitative estimate of drug-likeness (QED) is 0.318. The number of amides is 1. The van der Waals surface area contributed by atoms with Crippen molar-refractivity contribution in [3.05, 3.63) is 125 Å². The summed E-state index contributed by atoms with van der Waals surface area (Å²) >= 11 is 6.16. The maximum absolute atomic E-state index is 13.6. The van der Waals surface area contributed by atoms with Crippen LogP contribution in [0.15, 0.2) is 114 Å². The van der Waals surface area contributed by atoms with Crippen molar-refractivity contribution in [2.75, 3.05) is 18.0 Å². The largest absolute Gasteiger partial charge is 0.497 e. The Morgan fingerprint density at radius 3 is 2.08 bits per heavy atom. The van der Waals surface area contributed by atoms with E-state index in [1.54, 1.807) is 43.5 Å². The molecule has 184 valence electrons. The number of nitrogens with zero attached hydrogens (tertiary/aromatic N) is 1. The maximum Gasteiger partial charge on any atom is 0.264 e. The van der Waals surface area contributed by atoms with Gasteiger partial charge in [0.25, 0.3) is 10.0 Å². The van der Waals surface area contributed by atoms with Gasteiger partial charge in [0, 0.05) is 5.02 Å². The van der Waals surface area contributed by atoms with E-state index in [4.69, 9.17) is 16.3 Å². The monoisotopic (exact) mass is 520 g/mol. The first kappa shape index (κ1) is 25.3. The minimum absolute atomic E-state index is 0.0764. The van der Waals surface area contributed by atoms with Gasteiger partial charge in [-0.2, -0.15) is 0 Å². The zero-order valence-electron chi connectivity index (χ0n) is 19.5. The Morgan fingerprint density at radius 2 is 1.47 bits per heavy atom. The van der Waals surface area contributed by atoms with Crippen LogP contribution in [0.5, 0.6) is 5.75 Å². The smallest absolute Gasteiger partial charge is 0.264 e. The number of methoxy groups -OCH3 is 1. The van der Waals surface area contributed by atoms with Gasteiger partial charge in [0.15, 0.2) is 0 Å². The zero-order chi connectivity index (χ0) is 25.5. The highest BCUT2D eigenvalue weighted by molar-refractivity contribution is 7.92. The topological polar surface area (TPSA) is 75.7 Å². The van der Waals surface area contributed by atoms with Gasteiger partial charge in [0.2, 0.25) is 5.91 Å². The summed E-state index contributed by atoms with van der Waals surface area (Å²) < 4.78 is 33.5. The van der Waals surface area contributed by atoms with Gasteiger partial charge in [0.05, 0.1) is 23.7 Å². The van der Waals surface area contributed by atoms with Crippen molar-refractivity contribution in [1.82, 2.24) is 5.32 Å². The molecule has 8 heteroatoms. The highest BCUT2D eigenvalue weighted by Crippen LogP contribution is 2.27. The van der Waals surface area contributed by atoms with Crippen LogP contribution in [0.25, 0.3) is 0 Å². The van der Waals surface area contributed by atoms with E-state index in [-0.39, 0.29) is 4.90 Å². The van der Waals surface area contributed by atoms with Crippen LogP contribution >= 0.6 is 11.6 Å². The minimum Gasteiger partial charge on any atom is -0.497 e. The lowest BCUT2D eigenvalue weighted by atomic mass is 9.98. The summed E-state index contributed by atoms with van der Waals surface area (Å²) in [4.78, 5) is 13.5. The van der Waals surface area contributed by atoms with Crippen LogP contribution in [-0.4, -0.2) is 28.0 Å². The number of hydrogen-bond acceptors (Lipinski definition) is 4. The summed E-state index contributed by atoms with van der Waals surface area (Å²) in [6.45, 7) is -0.433. The molecule has 4 aromatic carbocycles. The van der Waals surface area contributed by atoms with Crippen LogP contribution in [-0.2, 0) is 14.8 Å². The van der Waals surface area contributed by atoms with E-state index in [1.165, 1.54) is 18.2 Å². The summed E-state index contributed by atoms with van der Waals surface area (Å²) in [6.07, 6.45) is 0. The second kappa shape index (κ2) is 11.3. The molecule has 6 nitrogen and oxygen atoms in total. The number of halogens is 1. The fraction of sp³-hybridized carbons (Fsp3) is 0.107. The van der Waals surface area contributed by atoms with Gasteiger partial charge in [-0.15, -0.1) is 0 Å². The van der Waals surface area contributed by atoms with Crippen LogP contribution in [0.4, 0.5) is 5.69 Å². The van der Waals surface area contributed by atoms with Gasteiger partial charge in [-0.3, -0.25) is 9.10 Å². The van der Waals surface area contributed by atoms with Crippen LogP contribution in [0.3, 0.4) is 0 Å². The third-order valence-electron chi connectivity index (χ3n) is 5.60. The summed E-state index contributed by atoms with van der Waals surface area (Å²) in [7, 11) is -2.46. The fourth-order valence-corrected chi connectivity index (χ4v) is 5.42. The summed E-state index contributed by atoms with van der Waals surface area (Å²) in [5, 5.41) is 3.37. The zero-order valence-corrected chi connectivity index (χ0v) is 21.1. The van der Waals surface area contributed by atoms with Crippen LogP contribution in [0, 0.1) is 0 Å². The number of sulfonamides is 1. The average Bonchev–Trinajstić information content (AvgIpc) is 2.91. The van der Waals surface area contributed by atoms with E-state index in [2.05, 4.69) is 5.32 Å². The Bertz CT molecular complexity index is 1410. The molecule has 0 fully saturated rings. The van der Waals surface area contributed by atoms with E-state index >= 15 is 0 Å². The molecule has 1 N–H and O–H groups in total. The predicted molar refractivity (Wildman–Crippen MR) is 142 cm³/mol. The van der Waals surface area contributed by atoms with Crippen molar-refractivity contribution in [3.63, 3.8) is 0 Å². The molecule has 36 heavy (non-hydrogen) atoms. The highest BCUT2D eigenvalue weighted by Gasteiger charge is 2.28. The molecule has 0 heterocycles. The second-order valence-electron chi connectivity index (χ2n) is 7.99. The predicted octanol–water partition coefficient (Wildman–Crippen LogP) is 5.45. The van der Waals surface area contributed by atoms with Gasteiger partial charge in [-0.1, -0.05) is 78.3 Å². The third-order valence-corrected chi connectivity index (χ3v) is 7.63. The number of anilines is 1. The molecule has 0 bridgehead atoms. The molecule has 4 aromatic rings. The lowest BCUT2D eigenvalue weighted by Gasteiger charge is -2.26. The summed E-state index contributed by atoms with van der Waals surface area (Å²) in [5.41, 5.74) is 1.98. The molecule has 0 aliphatic heterocycles. The van der Waals surface area contributed by atoms with Gasteiger partial charge in [0.1, 0.15) is 12.3 Å². The average molecular weight is 521 g/mol. The number of nitrogens with one attached hydrogen (secondary N) is 1. The molecule has 1 unspecified atom stereocenters. The molecule has 1 amide bonds. The third kappa shape index (κ3) is 5.87. The number of hydrogen-bond donors (Lipinski definition) is 1. The number of rotatable bonds is 9. The molecule has 0 saturated heterocycles. The van der Waals surface area contributed by atoms with Crippen molar-refractivity contribution in [2.24, 2.45) is 0 Å². The van der Waals surface area contributed by atoms with Crippen molar-refractivity contribution in [3.8, 4) is 5.75 Å². The number of benzene rings is 4. The van der Waals surface area contributed by atoms with E-state index < -0.39 is 28.5 Å². The normalized spacial score (nSPS) is 11.9. The molecule has 1 atom stereocenters. The van der Waals surface area contributed by atoms with Crippen molar-refractivity contribution in [2.45, 2.75) is 10.9 Å². The Morgan fingerprint density at radius 1 is 0.861 bits per heavy atom. The molecular weight excluding hydrogens is 496 g/mol. The van der Waals surface area contributed by atoms with Gasteiger partial charge >= 0.3 is 0 Å². The standard InChI is InChI=1S/C28H25ClN2O4S/c1-35-25-17-15-22(16-18-25)28(21-9-4-2-5-10-21)30-27(32)20-31(24-12-8-11-23(29)19-24)36(33,34)26-13-6-3-7-14-26/h2-19,28H,20H2,1H3,(H,30,32). The van der Waals surface area contributed by atoms with Crippen molar-refractivity contribution < 1.29 is 17.9 Å². The van der Waals surface area contributed by atoms with E-state index in [0.29, 0.717) is 16.5 Å². The van der Waals surface area contributed by atoms with Gasteiger partial charge in [-0.25, -0.2) is 8.42 Å². The molecule has 0 aliphatic carbocycles.